The van der Waals surface area contributed by atoms with Gasteiger partial charge in [0.1, 0.15) is 17.2 Å². The van der Waals surface area contributed by atoms with Crippen LogP contribution < -0.4 is 14.8 Å². The molecule has 0 fully saturated rings. The normalized spacial score (nSPS) is 10.4. The topological polar surface area (TPSA) is 30.5 Å². The highest BCUT2D eigenvalue weighted by Gasteiger charge is 2.05. The molecule has 0 amide bonds. The molecule has 0 radical (unpaired) electrons. The summed E-state index contributed by atoms with van der Waals surface area (Å²) in [5.74, 6) is 2.40. The minimum absolute atomic E-state index is 0.773. The fourth-order valence-corrected chi connectivity index (χ4v) is 2.39. The van der Waals surface area contributed by atoms with Crippen molar-refractivity contribution >= 4 is 15.9 Å². The predicted molar refractivity (Wildman–Crippen MR) is 89.2 cm³/mol. The number of rotatable bonds is 7. The summed E-state index contributed by atoms with van der Waals surface area (Å²) in [5.41, 5.74) is 1.21. The predicted octanol–water partition coefficient (Wildman–Crippen LogP) is 4.75. The number of hydrogen-bond donors (Lipinski definition) is 1. The van der Waals surface area contributed by atoms with E-state index in [4.69, 9.17) is 9.47 Å². The van der Waals surface area contributed by atoms with Crippen molar-refractivity contribution in [1.82, 2.24) is 5.32 Å². The van der Waals surface area contributed by atoms with Crippen LogP contribution in [0.5, 0.6) is 17.2 Å². The summed E-state index contributed by atoms with van der Waals surface area (Å²) in [6.07, 6.45) is 1.13. The fourth-order valence-electron chi connectivity index (χ4n) is 1.95. The molecule has 0 spiro atoms. The van der Waals surface area contributed by atoms with E-state index in [0.717, 1.165) is 41.2 Å². The number of methoxy groups -OCH3 is 1. The van der Waals surface area contributed by atoms with E-state index in [1.54, 1.807) is 7.11 Å². The average molecular weight is 350 g/mol. The molecule has 2 rings (SSSR count). The third-order valence-corrected chi connectivity index (χ3v) is 3.64. The molecular weight excluding hydrogens is 330 g/mol. The van der Waals surface area contributed by atoms with Crippen LogP contribution in [-0.4, -0.2) is 13.7 Å². The Labute approximate surface area is 134 Å². The van der Waals surface area contributed by atoms with Crippen molar-refractivity contribution in [2.45, 2.75) is 19.9 Å². The zero-order valence-corrected chi connectivity index (χ0v) is 13.9. The lowest BCUT2D eigenvalue weighted by molar-refractivity contribution is 0.412. The SMILES string of the molecule is CCCNCc1cccc(Oc2ccc(OC)cc2Br)c1. The van der Waals surface area contributed by atoms with Crippen LogP contribution in [0.2, 0.25) is 0 Å². The Hall–Kier alpha value is -1.52. The molecule has 0 atom stereocenters. The van der Waals surface area contributed by atoms with Gasteiger partial charge in [-0.05, 0) is 64.8 Å². The quantitative estimate of drug-likeness (QED) is 0.731. The first-order valence-electron chi connectivity index (χ1n) is 7.04. The molecule has 0 saturated carbocycles. The van der Waals surface area contributed by atoms with E-state index in [0.29, 0.717) is 0 Å². The molecule has 0 heterocycles. The van der Waals surface area contributed by atoms with E-state index in [1.165, 1.54) is 5.56 Å². The Balaban J connectivity index is 2.07. The lowest BCUT2D eigenvalue weighted by Crippen LogP contribution is -2.13. The number of nitrogens with one attached hydrogen (secondary N) is 1. The second-order valence-corrected chi connectivity index (χ2v) is 5.58. The maximum atomic E-state index is 5.93. The van der Waals surface area contributed by atoms with Crippen LogP contribution in [-0.2, 0) is 6.54 Å². The van der Waals surface area contributed by atoms with Gasteiger partial charge in [-0.3, -0.25) is 0 Å². The molecule has 2 aromatic rings. The summed E-state index contributed by atoms with van der Waals surface area (Å²) in [6, 6.07) is 13.8. The molecule has 0 bridgehead atoms. The van der Waals surface area contributed by atoms with Crippen LogP contribution in [0.1, 0.15) is 18.9 Å². The average Bonchev–Trinajstić information content (AvgIpc) is 2.50. The lowest BCUT2D eigenvalue weighted by atomic mass is 10.2. The molecule has 2 aromatic carbocycles. The highest BCUT2D eigenvalue weighted by atomic mass is 79.9. The molecule has 3 nitrogen and oxygen atoms in total. The molecule has 21 heavy (non-hydrogen) atoms. The molecule has 0 aliphatic heterocycles. The molecule has 1 N–H and O–H groups in total. The highest BCUT2D eigenvalue weighted by molar-refractivity contribution is 9.10. The standard InChI is InChI=1S/C17H20BrNO2/c1-3-9-19-12-13-5-4-6-15(10-13)21-17-8-7-14(20-2)11-16(17)18/h4-8,10-11,19H,3,9,12H2,1-2H3. The summed E-state index contributed by atoms with van der Waals surface area (Å²) in [6.45, 7) is 4.04. The van der Waals surface area contributed by atoms with Crippen LogP contribution in [0.4, 0.5) is 0 Å². The summed E-state index contributed by atoms with van der Waals surface area (Å²) in [4.78, 5) is 0. The minimum atomic E-state index is 0.773. The van der Waals surface area contributed by atoms with E-state index in [2.05, 4.69) is 40.3 Å². The Morgan fingerprint density at radius 2 is 1.95 bits per heavy atom. The second-order valence-electron chi connectivity index (χ2n) is 4.72. The van der Waals surface area contributed by atoms with Gasteiger partial charge in [0.25, 0.3) is 0 Å². The molecule has 0 unspecified atom stereocenters. The van der Waals surface area contributed by atoms with E-state index < -0.39 is 0 Å². The van der Waals surface area contributed by atoms with Gasteiger partial charge < -0.3 is 14.8 Å². The summed E-state index contributed by atoms with van der Waals surface area (Å²) in [5, 5.41) is 3.39. The fraction of sp³-hybridized carbons (Fsp3) is 0.294. The van der Waals surface area contributed by atoms with Crippen molar-refractivity contribution in [3.05, 3.63) is 52.5 Å². The van der Waals surface area contributed by atoms with Gasteiger partial charge in [-0.1, -0.05) is 19.1 Å². The maximum Gasteiger partial charge on any atom is 0.141 e. The van der Waals surface area contributed by atoms with Crippen molar-refractivity contribution < 1.29 is 9.47 Å². The van der Waals surface area contributed by atoms with Crippen molar-refractivity contribution in [3.63, 3.8) is 0 Å². The van der Waals surface area contributed by atoms with Gasteiger partial charge in [-0.15, -0.1) is 0 Å². The highest BCUT2D eigenvalue weighted by Crippen LogP contribution is 2.32. The van der Waals surface area contributed by atoms with Gasteiger partial charge in [0.05, 0.1) is 11.6 Å². The van der Waals surface area contributed by atoms with Gasteiger partial charge >= 0.3 is 0 Å². The van der Waals surface area contributed by atoms with Gasteiger partial charge in [0.15, 0.2) is 0 Å². The number of hydrogen-bond acceptors (Lipinski definition) is 3. The number of ether oxygens (including phenoxy) is 2. The number of halogens is 1. The van der Waals surface area contributed by atoms with Crippen molar-refractivity contribution in [3.8, 4) is 17.2 Å². The van der Waals surface area contributed by atoms with Crippen LogP contribution >= 0.6 is 15.9 Å². The summed E-state index contributed by atoms with van der Waals surface area (Å²) < 4.78 is 12.0. The van der Waals surface area contributed by atoms with Crippen LogP contribution in [0.25, 0.3) is 0 Å². The van der Waals surface area contributed by atoms with Gasteiger partial charge in [-0.25, -0.2) is 0 Å². The first-order valence-corrected chi connectivity index (χ1v) is 7.83. The van der Waals surface area contributed by atoms with Gasteiger partial charge in [0, 0.05) is 6.54 Å². The molecule has 0 saturated heterocycles. The second kappa shape index (κ2) is 8.05. The largest absolute Gasteiger partial charge is 0.497 e. The Morgan fingerprint density at radius 1 is 1.10 bits per heavy atom. The molecule has 4 heteroatoms. The third kappa shape index (κ3) is 4.76. The van der Waals surface area contributed by atoms with E-state index >= 15 is 0 Å². The Bertz CT molecular complexity index is 587. The van der Waals surface area contributed by atoms with Gasteiger partial charge in [0.2, 0.25) is 0 Å². The van der Waals surface area contributed by atoms with E-state index in [9.17, 15) is 0 Å². The number of benzene rings is 2. The Kier molecular flexibility index (Phi) is 6.08. The minimum Gasteiger partial charge on any atom is -0.497 e. The monoisotopic (exact) mass is 349 g/mol. The van der Waals surface area contributed by atoms with Crippen LogP contribution in [0, 0.1) is 0 Å². The molecular formula is C17H20BrNO2. The van der Waals surface area contributed by atoms with Crippen molar-refractivity contribution in [2.24, 2.45) is 0 Å². The first kappa shape index (κ1) is 15.9. The third-order valence-electron chi connectivity index (χ3n) is 3.02. The zero-order chi connectivity index (χ0) is 15.1. The first-order chi connectivity index (χ1) is 10.2. The van der Waals surface area contributed by atoms with Crippen molar-refractivity contribution in [1.29, 1.82) is 0 Å². The summed E-state index contributed by atoms with van der Waals surface area (Å²) >= 11 is 3.50. The smallest absolute Gasteiger partial charge is 0.141 e. The molecule has 112 valence electrons. The van der Waals surface area contributed by atoms with E-state index in [1.807, 2.05) is 30.3 Å². The summed E-state index contributed by atoms with van der Waals surface area (Å²) in [7, 11) is 1.65. The maximum absolute atomic E-state index is 5.93. The lowest BCUT2D eigenvalue weighted by Gasteiger charge is -2.10. The Morgan fingerprint density at radius 3 is 2.67 bits per heavy atom. The van der Waals surface area contributed by atoms with Crippen LogP contribution in [0.15, 0.2) is 46.9 Å². The molecule has 0 aromatic heterocycles. The van der Waals surface area contributed by atoms with E-state index in [-0.39, 0.29) is 0 Å². The van der Waals surface area contributed by atoms with Crippen molar-refractivity contribution in [2.75, 3.05) is 13.7 Å². The van der Waals surface area contributed by atoms with Crippen LogP contribution in [0.3, 0.4) is 0 Å². The molecule has 0 aliphatic carbocycles. The van der Waals surface area contributed by atoms with Gasteiger partial charge in [-0.2, -0.15) is 0 Å². The molecule has 0 aliphatic rings. The zero-order valence-electron chi connectivity index (χ0n) is 12.4.